The molecule has 0 aliphatic carbocycles. The van der Waals surface area contributed by atoms with E-state index in [0.29, 0.717) is 50.0 Å². The molecule has 0 spiro atoms. The van der Waals surface area contributed by atoms with Gasteiger partial charge in [0.05, 0.1) is 44.9 Å². The molecule has 1 fully saturated rings. The minimum absolute atomic E-state index is 0.305. The van der Waals surface area contributed by atoms with Gasteiger partial charge in [-0.25, -0.2) is 15.4 Å². The summed E-state index contributed by atoms with van der Waals surface area (Å²) in [4.78, 5) is 23.3. The molecule has 0 unspecified atom stereocenters. The smallest absolute Gasteiger partial charge is 0.243 e. The lowest BCUT2D eigenvalue weighted by Crippen LogP contribution is -2.37. The minimum atomic E-state index is -0.363. The normalized spacial score (nSPS) is 13.4. The highest BCUT2D eigenvalue weighted by Crippen LogP contribution is 2.38. The third-order valence-corrected chi connectivity index (χ3v) is 6.62. The van der Waals surface area contributed by atoms with Crippen molar-refractivity contribution in [3.05, 3.63) is 35.4 Å². The van der Waals surface area contributed by atoms with E-state index >= 15 is 0 Å². The molecule has 2 heterocycles. The number of morpholine rings is 1. The van der Waals surface area contributed by atoms with Gasteiger partial charge in [-0.1, -0.05) is 0 Å². The average Bonchev–Trinajstić information content (AvgIpc) is 2.94. The van der Waals surface area contributed by atoms with Crippen molar-refractivity contribution in [2.45, 2.75) is 39.5 Å². The predicted octanol–water partition coefficient (Wildman–Crippen LogP) is 4.21. The highest BCUT2D eigenvalue weighted by atomic mass is 16.5. The molecule has 10 nitrogen and oxygen atoms in total. The van der Waals surface area contributed by atoms with Crippen molar-refractivity contribution < 1.29 is 28.9 Å². The first-order valence-corrected chi connectivity index (χ1v) is 12.9. The summed E-state index contributed by atoms with van der Waals surface area (Å²) < 4.78 is 22.9. The first-order chi connectivity index (χ1) is 18.4. The summed E-state index contributed by atoms with van der Waals surface area (Å²) in [5.41, 5.74) is 5.31. The Morgan fingerprint density at radius 1 is 1.03 bits per heavy atom. The van der Waals surface area contributed by atoms with Crippen LogP contribution < -0.4 is 24.6 Å². The number of amides is 1. The van der Waals surface area contributed by atoms with Crippen LogP contribution in [0.4, 0.5) is 5.82 Å². The Balaban J connectivity index is 1.63. The molecule has 10 heteroatoms. The maximum Gasteiger partial charge on any atom is 0.243 e. The highest BCUT2D eigenvalue weighted by Gasteiger charge is 2.22. The van der Waals surface area contributed by atoms with Crippen LogP contribution in [0.3, 0.4) is 0 Å². The molecule has 0 bridgehead atoms. The van der Waals surface area contributed by atoms with E-state index in [1.807, 2.05) is 26.0 Å². The minimum Gasteiger partial charge on any atom is -0.497 e. The third-order valence-electron chi connectivity index (χ3n) is 6.62. The van der Waals surface area contributed by atoms with Gasteiger partial charge in [-0.3, -0.25) is 10.0 Å². The van der Waals surface area contributed by atoms with Gasteiger partial charge in [0, 0.05) is 37.2 Å². The zero-order chi connectivity index (χ0) is 27.1. The Labute approximate surface area is 222 Å². The molecule has 0 saturated carbocycles. The summed E-state index contributed by atoms with van der Waals surface area (Å²) in [6.45, 7) is 7.33. The van der Waals surface area contributed by atoms with Crippen molar-refractivity contribution in [3.63, 3.8) is 0 Å². The monoisotopic (exact) mass is 524 g/mol. The summed E-state index contributed by atoms with van der Waals surface area (Å²) in [5, 5.41) is 9.43. The number of benzene rings is 2. The van der Waals surface area contributed by atoms with Gasteiger partial charge in [-0.15, -0.1) is 0 Å². The Kier molecular flexibility index (Phi) is 9.19. The molecule has 4 rings (SSSR count). The van der Waals surface area contributed by atoms with E-state index in [1.54, 1.807) is 19.7 Å². The number of hydrogen-bond donors (Lipinski definition) is 2. The number of aromatic nitrogens is 2. The zero-order valence-corrected chi connectivity index (χ0v) is 22.5. The summed E-state index contributed by atoms with van der Waals surface area (Å²) in [7, 11) is 3.27. The zero-order valence-electron chi connectivity index (χ0n) is 22.5. The van der Waals surface area contributed by atoms with E-state index in [9.17, 15) is 4.79 Å². The number of methoxy groups -OCH3 is 2. The Hall–Kier alpha value is -3.63. The molecule has 38 heavy (non-hydrogen) atoms. The van der Waals surface area contributed by atoms with Gasteiger partial charge < -0.3 is 23.8 Å². The van der Waals surface area contributed by atoms with Crippen LogP contribution in [-0.4, -0.2) is 68.2 Å². The average molecular weight is 525 g/mol. The van der Waals surface area contributed by atoms with E-state index in [0.717, 1.165) is 65.1 Å². The number of carbonyl (C=O) groups is 1. The second kappa shape index (κ2) is 12.7. The van der Waals surface area contributed by atoms with Crippen LogP contribution in [0.15, 0.2) is 24.3 Å². The quantitative estimate of drug-likeness (QED) is 0.216. The lowest BCUT2D eigenvalue weighted by atomic mass is 10.0. The van der Waals surface area contributed by atoms with Crippen molar-refractivity contribution in [1.29, 1.82) is 0 Å². The Bertz CT molecular complexity index is 1250. The van der Waals surface area contributed by atoms with Crippen LogP contribution in [0.25, 0.3) is 22.3 Å². The molecule has 3 aromatic rings. The molecular weight excluding hydrogens is 488 g/mol. The number of ether oxygens (including phenoxy) is 4. The van der Waals surface area contributed by atoms with E-state index in [-0.39, 0.29) is 5.91 Å². The molecule has 1 aromatic heterocycles. The number of hydroxylamine groups is 1. The van der Waals surface area contributed by atoms with Crippen molar-refractivity contribution in [2.24, 2.45) is 0 Å². The number of carbonyl (C=O) groups excluding carboxylic acids is 1. The number of rotatable bonds is 11. The van der Waals surface area contributed by atoms with Crippen LogP contribution in [0.2, 0.25) is 0 Å². The van der Waals surface area contributed by atoms with Gasteiger partial charge in [0.2, 0.25) is 5.91 Å². The van der Waals surface area contributed by atoms with Gasteiger partial charge in [0.15, 0.2) is 5.82 Å². The van der Waals surface area contributed by atoms with Crippen LogP contribution in [0, 0.1) is 13.8 Å². The fourth-order valence-electron chi connectivity index (χ4n) is 4.70. The van der Waals surface area contributed by atoms with Crippen molar-refractivity contribution >= 4 is 22.6 Å². The molecule has 0 atom stereocenters. The lowest BCUT2D eigenvalue weighted by Gasteiger charge is -2.29. The molecule has 204 valence electrons. The van der Waals surface area contributed by atoms with Crippen LogP contribution >= 0.6 is 0 Å². The summed E-state index contributed by atoms with van der Waals surface area (Å²) >= 11 is 0. The molecule has 1 aliphatic rings. The summed E-state index contributed by atoms with van der Waals surface area (Å²) in [6.07, 6.45) is 2.66. The topological polar surface area (TPSA) is 115 Å². The summed E-state index contributed by atoms with van der Waals surface area (Å²) in [5.74, 6) is 3.25. The van der Waals surface area contributed by atoms with Crippen LogP contribution in [0.1, 0.15) is 36.8 Å². The first kappa shape index (κ1) is 27.4. The van der Waals surface area contributed by atoms with Gasteiger partial charge in [-0.2, -0.15) is 0 Å². The third kappa shape index (κ3) is 6.25. The largest absolute Gasteiger partial charge is 0.497 e. The van der Waals surface area contributed by atoms with Gasteiger partial charge >= 0.3 is 0 Å². The molecule has 1 aliphatic heterocycles. The fourth-order valence-corrected chi connectivity index (χ4v) is 4.70. The summed E-state index contributed by atoms with van der Waals surface area (Å²) in [6, 6.07) is 7.87. The van der Waals surface area contributed by atoms with Gasteiger partial charge in [0.25, 0.3) is 0 Å². The molecular formula is C28H36N4O6. The number of nitrogens with one attached hydrogen (secondary N) is 1. The SMILES string of the molecule is COc1cc(OC)c2c(N3CCOCC3)nc(-c3cc(C)c(OCCCCCC(=O)NO)c(C)c3)nc2c1. The second-order valence-corrected chi connectivity index (χ2v) is 9.33. The highest BCUT2D eigenvalue weighted by molar-refractivity contribution is 5.97. The Morgan fingerprint density at radius 3 is 2.42 bits per heavy atom. The maximum atomic E-state index is 11.1. The van der Waals surface area contributed by atoms with Gasteiger partial charge in [-0.05, 0) is 56.4 Å². The van der Waals surface area contributed by atoms with Crippen LogP contribution in [-0.2, 0) is 9.53 Å². The molecule has 2 N–H and O–H groups in total. The van der Waals surface area contributed by atoms with Crippen LogP contribution in [0.5, 0.6) is 17.2 Å². The molecule has 0 radical (unpaired) electrons. The number of fused-ring (bicyclic) bond motifs is 1. The number of unbranched alkanes of at least 4 members (excludes halogenated alkanes) is 2. The molecule has 1 amide bonds. The number of hydrogen-bond acceptors (Lipinski definition) is 9. The predicted molar refractivity (Wildman–Crippen MR) is 144 cm³/mol. The lowest BCUT2D eigenvalue weighted by molar-refractivity contribution is -0.129. The first-order valence-electron chi connectivity index (χ1n) is 12.9. The number of anilines is 1. The standard InChI is InChI=1S/C28H36N4O6/c1-18-14-20(15-19(2)26(18)38-11-7-5-6-8-24(33)31-34)27-29-22-16-21(35-3)17-23(36-4)25(22)28(30-27)32-9-12-37-13-10-32/h14-17,34H,5-13H2,1-4H3,(H,31,33). The van der Waals surface area contributed by atoms with E-state index in [1.165, 1.54) is 0 Å². The Morgan fingerprint density at radius 2 is 1.76 bits per heavy atom. The van der Waals surface area contributed by atoms with E-state index in [2.05, 4.69) is 17.0 Å². The number of nitrogens with zero attached hydrogens (tertiary/aromatic N) is 3. The van der Waals surface area contributed by atoms with Crippen molar-refractivity contribution in [1.82, 2.24) is 15.4 Å². The van der Waals surface area contributed by atoms with Crippen molar-refractivity contribution in [2.75, 3.05) is 52.0 Å². The van der Waals surface area contributed by atoms with E-state index in [4.69, 9.17) is 34.1 Å². The van der Waals surface area contributed by atoms with Gasteiger partial charge in [0.1, 0.15) is 23.1 Å². The van der Waals surface area contributed by atoms with Crippen molar-refractivity contribution in [3.8, 4) is 28.6 Å². The van der Waals surface area contributed by atoms with E-state index < -0.39 is 0 Å². The molecule has 1 saturated heterocycles. The fraction of sp³-hybridized carbons (Fsp3) is 0.464. The molecule has 2 aromatic carbocycles. The number of aryl methyl sites for hydroxylation is 2. The maximum absolute atomic E-state index is 11.1. The second-order valence-electron chi connectivity index (χ2n) is 9.33.